The molecule has 1 amide bonds. The number of nitrogens with one attached hydrogen (secondary N) is 1. The lowest BCUT2D eigenvalue weighted by Crippen LogP contribution is -2.21. The second kappa shape index (κ2) is 9.64. The number of aromatic nitrogens is 3. The molecule has 0 atom stereocenters. The van der Waals surface area contributed by atoms with E-state index >= 15 is 0 Å². The minimum absolute atomic E-state index is 0.108. The predicted molar refractivity (Wildman–Crippen MR) is 121 cm³/mol. The van der Waals surface area contributed by atoms with E-state index in [-0.39, 0.29) is 11.7 Å². The van der Waals surface area contributed by atoms with Crippen LogP contribution in [-0.4, -0.2) is 44.4 Å². The highest BCUT2D eigenvalue weighted by Crippen LogP contribution is 2.25. The number of carbonyl (C=O) groups is 1. The SMILES string of the molecule is Cc1ccc(NC(=O)CSc2nnc(CN3CCCC3)n2-c2ccccc2)cc1Cl. The topological polar surface area (TPSA) is 63.1 Å². The van der Waals surface area contributed by atoms with E-state index in [1.807, 2.05) is 49.4 Å². The van der Waals surface area contributed by atoms with Crippen molar-refractivity contribution in [2.24, 2.45) is 0 Å². The molecule has 2 heterocycles. The summed E-state index contributed by atoms with van der Waals surface area (Å²) in [6, 6.07) is 15.6. The van der Waals surface area contributed by atoms with Gasteiger partial charge in [0.2, 0.25) is 5.91 Å². The Morgan fingerprint density at radius 2 is 1.90 bits per heavy atom. The van der Waals surface area contributed by atoms with Gasteiger partial charge in [0.25, 0.3) is 0 Å². The Labute approximate surface area is 185 Å². The van der Waals surface area contributed by atoms with Crippen molar-refractivity contribution in [2.75, 3.05) is 24.2 Å². The second-order valence-electron chi connectivity index (χ2n) is 7.35. The number of hydrogen-bond donors (Lipinski definition) is 1. The van der Waals surface area contributed by atoms with Gasteiger partial charge in [-0.05, 0) is 62.7 Å². The molecule has 3 aromatic rings. The van der Waals surface area contributed by atoms with Crippen LogP contribution in [-0.2, 0) is 11.3 Å². The van der Waals surface area contributed by atoms with E-state index < -0.39 is 0 Å². The smallest absolute Gasteiger partial charge is 0.234 e. The van der Waals surface area contributed by atoms with Crippen molar-refractivity contribution < 1.29 is 4.79 Å². The van der Waals surface area contributed by atoms with E-state index in [2.05, 4.69) is 25.0 Å². The molecule has 1 aliphatic heterocycles. The second-order valence-corrected chi connectivity index (χ2v) is 8.70. The summed E-state index contributed by atoms with van der Waals surface area (Å²) in [6.07, 6.45) is 2.45. The van der Waals surface area contributed by atoms with Gasteiger partial charge in [-0.25, -0.2) is 0 Å². The van der Waals surface area contributed by atoms with Gasteiger partial charge >= 0.3 is 0 Å². The number of likely N-dealkylation sites (tertiary alicyclic amines) is 1. The maximum absolute atomic E-state index is 12.5. The normalized spacial score (nSPS) is 14.2. The predicted octanol–water partition coefficient (Wildman–Crippen LogP) is 4.56. The maximum atomic E-state index is 12.5. The maximum Gasteiger partial charge on any atom is 0.234 e. The van der Waals surface area contributed by atoms with Gasteiger partial charge in [-0.1, -0.05) is 47.6 Å². The average Bonchev–Trinajstić information content (AvgIpc) is 3.40. The minimum atomic E-state index is -0.108. The third kappa shape index (κ3) is 5.03. The summed E-state index contributed by atoms with van der Waals surface area (Å²) < 4.78 is 2.05. The highest BCUT2D eigenvalue weighted by molar-refractivity contribution is 7.99. The van der Waals surface area contributed by atoms with Gasteiger partial charge < -0.3 is 5.32 Å². The van der Waals surface area contributed by atoms with Crippen LogP contribution >= 0.6 is 23.4 Å². The van der Waals surface area contributed by atoms with Gasteiger partial charge in [0.15, 0.2) is 11.0 Å². The van der Waals surface area contributed by atoms with Crippen molar-refractivity contribution in [1.29, 1.82) is 0 Å². The van der Waals surface area contributed by atoms with Crippen molar-refractivity contribution in [3.05, 3.63) is 64.9 Å². The van der Waals surface area contributed by atoms with Gasteiger partial charge in [-0.2, -0.15) is 0 Å². The molecule has 4 rings (SSSR count). The lowest BCUT2D eigenvalue weighted by atomic mass is 10.2. The molecule has 6 nitrogen and oxygen atoms in total. The molecule has 1 aliphatic rings. The standard InChI is InChI=1S/C22H24ClN5OS/c1-16-9-10-17(13-19(16)23)24-21(29)15-30-22-26-25-20(14-27-11-5-6-12-27)28(22)18-7-3-2-4-8-18/h2-4,7-10,13H,5-6,11-12,14-15H2,1H3,(H,24,29). The molecule has 30 heavy (non-hydrogen) atoms. The first-order valence-electron chi connectivity index (χ1n) is 10.0. The number of para-hydroxylation sites is 1. The molecule has 0 unspecified atom stereocenters. The van der Waals surface area contributed by atoms with E-state index in [9.17, 15) is 4.79 Å². The van der Waals surface area contributed by atoms with E-state index in [4.69, 9.17) is 11.6 Å². The zero-order valence-electron chi connectivity index (χ0n) is 16.8. The molecule has 0 bridgehead atoms. The molecule has 0 aliphatic carbocycles. The third-order valence-corrected chi connectivity index (χ3v) is 6.40. The molecule has 156 valence electrons. The van der Waals surface area contributed by atoms with Gasteiger partial charge in [0.1, 0.15) is 0 Å². The average molecular weight is 442 g/mol. The van der Waals surface area contributed by atoms with E-state index in [0.29, 0.717) is 15.9 Å². The Hall–Kier alpha value is -2.35. The molecule has 0 spiro atoms. The highest BCUT2D eigenvalue weighted by atomic mass is 35.5. The Morgan fingerprint density at radius 1 is 1.13 bits per heavy atom. The number of benzene rings is 2. The summed E-state index contributed by atoms with van der Waals surface area (Å²) in [5.74, 6) is 1.03. The molecule has 8 heteroatoms. The molecule has 1 saturated heterocycles. The largest absolute Gasteiger partial charge is 0.325 e. The zero-order chi connectivity index (χ0) is 20.9. The molecular weight excluding hydrogens is 418 g/mol. The molecular formula is C22H24ClN5OS. The molecule has 0 saturated carbocycles. The van der Waals surface area contributed by atoms with Crippen molar-refractivity contribution in [3.8, 4) is 5.69 Å². The zero-order valence-corrected chi connectivity index (χ0v) is 18.4. The molecule has 2 aromatic carbocycles. The first-order valence-corrected chi connectivity index (χ1v) is 11.4. The van der Waals surface area contributed by atoms with Crippen molar-refractivity contribution in [1.82, 2.24) is 19.7 Å². The summed E-state index contributed by atoms with van der Waals surface area (Å²) in [6.45, 7) is 4.87. The summed E-state index contributed by atoms with van der Waals surface area (Å²) in [5.41, 5.74) is 2.67. The number of anilines is 1. The van der Waals surface area contributed by atoms with Crippen molar-refractivity contribution in [2.45, 2.75) is 31.5 Å². The fourth-order valence-electron chi connectivity index (χ4n) is 3.47. The fraction of sp³-hybridized carbons (Fsp3) is 0.318. The van der Waals surface area contributed by atoms with Crippen LogP contribution in [0.2, 0.25) is 5.02 Å². The van der Waals surface area contributed by atoms with Crippen LogP contribution in [0.3, 0.4) is 0 Å². The molecule has 1 fully saturated rings. The number of aryl methyl sites for hydroxylation is 1. The van der Waals surface area contributed by atoms with Crippen LogP contribution in [0.1, 0.15) is 24.2 Å². The number of amides is 1. The number of rotatable bonds is 7. The van der Waals surface area contributed by atoms with Crippen molar-refractivity contribution >= 4 is 35.0 Å². The Kier molecular flexibility index (Phi) is 6.72. The van der Waals surface area contributed by atoms with Gasteiger partial charge in [0, 0.05) is 16.4 Å². The third-order valence-electron chi connectivity index (χ3n) is 5.07. The van der Waals surface area contributed by atoms with Crippen molar-refractivity contribution in [3.63, 3.8) is 0 Å². The Bertz CT molecular complexity index is 1020. The monoisotopic (exact) mass is 441 g/mol. The summed E-state index contributed by atoms with van der Waals surface area (Å²) >= 11 is 7.53. The summed E-state index contributed by atoms with van der Waals surface area (Å²) in [5, 5.41) is 13.1. The Morgan fingerprint density at radius 3 is 2.63 bits per heavy atom. The fourth-order valence-corrected chi connectivity index (χ4v) is 4.42. The van der Waals surface area contributed by atoms with E-state index in [0.717, 1.165) is 36.7 Å². The number of thioether (sulfide) groups is 1. The Balaban J connectivity index is 1.48. The number of carbonyl (C=O) groups excluding carboxylic acids is 1. The van der Waals surface area contributed by atoms with Crippen LogP contribution in [0.4, 0.5) is 5.69 Å². The molecule has 0 radical (unpaired) electrons. The van der Waals surface area contributed by atoms with E-state index in [1.165, 1.54) is 24.6 Å². The number of halogens is 1. The highest BCUT2D eigenvalue weighted by Gasteiger charge is 2.20. The van der Waals surface area contributed by atoms with Gasteiger partial charge in [0.05, 0.1) is 12.3 Å². The first-order chi connectivity index (χ1) is 14.6. The van der Waals surface area contributed by atoms with Crippen LogP contribution in [0.25, 0.3) is 5.69 Å². The quantitative estimate of drug-likeness (QED) is 0.545. The lowest BCUT2D eigenvalue weighted by molar-refractivity contribution is -0.113. The van der Waals surface area contributed by atoms with Crippen LogP contribution in [0.5, 0.6) is 0 Å². The molecule has 1 N–H and O–H groups in total. The summed E-state index contributed by atoms with van der Waals surface area (Å²) in [7, 11) is 0. The lowest BCUT2D eigenvalue weighted by Gasteiger charge is -2.16. The van der Waals surface area contributed by atoms with Crippen LogP contribution in [0, 0.1) is 6.92 Å². The van der Waals surface area contributed by atoms with E-state index in [1.54, 1.807) is 6.07 Å². The van der Waals surface area contributed by atoms with Gasteiger partial charge in [-0.3, -0.25) is 14.3 Å². The number of hydrogen-bond acceptors (Lipinski definition) is 5. The molecule has 1 aromatic heterocycles. The minimum Gasteiger partial charge on any atom is -0.325 e. The van der Waals surface area contributed by atoms with Gasteiger partial charge in [-0.15, -0.1) is 10.2 Å². The van der Waals surface area contributed by atoms with Crippen LogP contribution < -0.4 is 5.32 Å². The first kappa shape index (κ1) is 20.9. The van der Waals surface area contributed by atoms with Crippen LogP contribution in [0.15, 0.2) is 53.7 Å². The number of nitrogens with zero attached hydrogens (tertiary/aromatic N) is 4. The summed E-state index contributed by atoms with van der Waals surface area (Å²) in [4.78, 5) is 14.9.